The number of benzene rings is 1. The number of hydrogen-bond acceptors (Lipinski definition) is 5. The molecule has 8 nitrogen and oxygen atoms in total. The lowest BCUT2D eigenvalue weighted by molar-refractivity contribution is -0.122. The Morgan fingerprint density at radius 2 is 1.68 bits per heavy atom. The van der Waals surface area contributed by atoms with Gasteiger partial charge >= 0.3 is 0 Å². The molecule has 0 spiro atoms. The van der Waals surface area contributed by atoms with Crippen LogP contribution < -0.4 is 16.0 Å². The smallest absolute Gasteiger partial charge is 0.229 e. The van der Waals surface area contributed by atoms with E-state index >= 15 is 0 Å². The summed E-state index contributed by atoms with van der Waals surface area (Å²) in [6.07, 6.45) is 0.486. The molecule has 0 bridgehead atoms. The first kappa shape index (κ1) is 16.7. The van der Waals surface area contributed by atoms with Crippen LogP contribution in [0, 0.1) is 18.8 Å². The molecular weight excluding hydrogens is 324 g/mol. The van der Waals surface area contributed by atoms with Crippen molar-refractivity contribution in [2.24, 2.45) is 11.8 Å². The van der Waals surface area contributed by atoms with Gasteiger partial charge in [-0.25, -0.2) is 0 Å². The fraction of sp³-hybridized carbons (Fsp3) is 0.294. The van der Waals surface area contributed by atoms with Crippen molar-refractivity contribution in [3.8, 4) is 0 Å². The first-order valence-electron chi connectivity index (χ1n) is 7.85. The van der Waals surface area contributed by atoms with E-state index in [-0.39, 0.29) is 29.6 Å². The van der Waals surface area contributed by atoms with Crippen LogP contribution in [0.5, 0.6) is 0 Å². The summed E-state index contributed by atoms with van der Waals surface area (Å²) in [5.74, 6) is -0.480. The summed E-state index contributed by atoms with van der Waals surface area (Å²) in [4.78, 5) is 35.5. The average molecular weight is 342 g/mol. The third kappa shape index (κ3) is 4.23. The fourth-order valence-corrected chi connectivity index (χ4v) is 2.53. The maximum absolute atomic E-state index is 12.3. The highest BCUT2D eigenvalue weighted by Crippen LogP contribution is 2.40. The van der Waals surface area contributed by atoms with Crippen LogP contribution in [0.4, 0.5) is 17.2 Å². The number of amides is 3. The molecule has 1 heterocycles. The van der Waals surface area contributed by atoms with Crippen LogP contribution in [0.1, 0.15) is 19.1 Å². The minimum absolute atomic E-state index is 0.189. The third-order valence-corrected chi connectivity index (χ3v) is 3.79. The molecule has 8 heteroatoms. The Morgan fingerprint density at radius 3 is 2.28 bits per heavy atom. The molecular formula is C17H18N4O4. The first-order chi connectivity index (χ1) is 11.9. The van der Waals surface area contributed by atoms with Crippen LogP contribution in [0.15, 0.2) is 34.9 Å². The molecule has 2 unspecified atom stereocenters. The Bertz CT molecular complexity index is 830. The summed E-state index contributed by atoms with van der Waals surface area (Å²) in [7, 11) is 0. The SMILES string of the molecule is CC(=O)Nc1cccc(NC(=O)C2CC2C(=O)Nc2cc(C)on2)c1. The van der Waals surface area contributed by atoms with Crippen molar-refractivity contribution in [3.63, 3.8) is 0 Å². The molecule has 1 saturated carbocycles. The van der Waals surface area contributed by atoms with Crippen LogP contribution in [0.2, 0.25) is 0 Å². The summed E-state index contributed by atoms with van der Waals surface area (Å²) in [5.41, 5.74) is 1.16. The van der Waals surface area contributed by atoms with Gasteiger partial charge in [-0.05, 0) is 31.5 Å². The lowest BCUT2D eigenvalue weighted by Crippen LogP contribution is -2.20. The van der Waals surface area contributed by atoms with Gasteiger partial charge in [0.1, 0.15) is 5.76 Å². The molecule has 25 heavy (non-hydrogen) atoms. The van der Waals surface area contributed by atoms with E-state index in [0.717, 1.165) is 0 Å². The predicted molar refractivity (Wildman–Crippen MR) is 90.8 cm³/mol. The molecule has 3 rings (SSSR count). The highest BCUT2D eigenvalue weighted by atomic mass is 16.5. The van der Waals surface area contributed by atoms with E-state index in [1.807, 2.05) is 0 Å². The molecule has 130 valence electrons. The molecule has 0 aliphatic heterocycles. The minimum atomic E-state index is -0.379. The Balaban J connectivity index is 1.54. The standard InChI is InChI=1S/C17H18N4O4/c1-9-6-15(21-25-9)20-17(24)14-8-13(14)16(23)19-12-5-3-4-11(7-12)18-10(2)22/h3-7,13-14H,8H2,1-2H3,(H,18,22)(H,19,23)(H,20,21,24). The van der Waals surface area contributed by atoms with Gasteiger partial charge in [-0.3, -0.25) is 14.4 Å². The van der Waals surface area contributed by atoms with Gasteiger partial charge in [0.15, 0.2) is 5.82 Å². The summed E-state index contributed by atoms with van der Waals surface area (Å²) in [6.45, 7) is 3.14. The Labute approximate surface area is 144 Å². The second-order valence-corrected chi connectivity index (χ2v) is 6.01. The first-order valence-corrected chi connectivity index (χ1v) is 7.85. The van der Waals surface area contributed by atoms with E-state index in [2.05, 4.69) is 21.1 Å². The normalized spacial score (nSPS) is 18.3. The van der Waals surface area contributed by atoms with E-state index in [9.17, 15) is 14.4 Å². The van der Waals surface area contributed by atoms with E-state index in [4.69, 9.17) is 4.52 Å². The number of carbonyl (C=O) groups excluding carboxylic acids is 3. The lowest BCUT2D eigenvalue weighted by Gasteiger charge is -2.07. The predicted octanol–water partition coefficient (Wildman–Crippen LogP) is 2.15. The summed E-state index contributed by atoms with van der Waals surface area (Å²) in [6, 6.07) is 8.45. The Morgan fingerprint density at radius 1 is 1.04 bits per heavy atom. The van der Waals surface area contributed by atoms with Crippen molar-refractivity contribution in [2.45, 2.75) is 20.3 Å². The average Bonchev–Trinajstić information content (AvgIpc) is 3.24. The zero-order chi connectivity index (χ0) is 18.0. The molecule has 3 amide bonds. The minimum Gasteiger partial charge on any atom is -0.360 e. The topological polar surface area (TPSA) is 113 Å². The number of aromatic nitrogens is 1. The Hall–Kier alpha value is -3.16. The second kappa shape index (κ2) is 6.76. The van der Waals surface area contributed by atoms with Crippen LogP contribution in [-0.2, 0) is 14.4 Å². The highest BCUT2D eigenvalue weighted by Gasteiger charge is 2.48. The van der Waals surface area contributed by atoms with E-state index in [1.54, 1.807) is 37.3 Å². The summed E-state index contributed by atoms with van der Waals surface area (Å²) in [5, 5.41) is 11.7. The van der Waals surface area contributed by atoms with E-state index in [0.29, 0.717) is 29.4 Å². The highest BCUT2D eigenvalue weighted by molar-refractivity contribution is 6.03. The van der Waals surface area contributed by atoms with Gasteiger partial charge in [-0.15, -0.1) is 0 Å². The van der Waals surface area contributed by atoms with Gasteiger partial charge < -0.3 is 20.5 Å². The van der Waals surface area contributed by atoms with Crippen LogP contribution in [0.3, 0.4) is 0 Å². The molecule has 3 N–H and O–H groups in total. The van der Waals surface area contributed by atoms with Crippen molar-refractivity contribution in [2.75, 3.05) is 16.0 Å². The lowest BCUT2D eigenvalue weighted by atomic mass is 10.2. The quantitative estimate of drug-likeness (QED) is 0.770. The number of carbonyl (C=O) groups is 3. The van der Waals surface area contributed by atoms with Crippen molar-refractivity contribution in [1.29, 1.82) is 0 Å². The maximum Gasteiger partial charge on any atom is 0.229 e. The number of hydrogen-bond donors (Lipinski definition) is 3. The third-order valence-electron chi connectivity index (χ3n) is 3.79. The van der Waals surface area contributed by atoms with Crippen molar-refractivity contribution >= 4 is 34.9 Å². The Kier molecular flexibility index (Phi) is 4.51. The maximum atomic E-state index is 12.3. The number of aryl methyl sites for hydroxylation is 1. The number of anilines is 3. The largest absolute Gasteiger partial charge is 0.360 e. The van der Waals surface area contributed by atoms with Crippen LogP contribution in [0.25, 0.3) is 0 Å². The van der Waals surface area contributed by atoms with Crippen molar-refractivity contribution < 1.29 is 18.9 Å². The molecule has 1 aliphatic carbocycles. The molecule has 1 aliphatic rings. The van der Waals surface area contributed by atoms with Gasteiger partial charge in [0.25, 0.3) is 0 Å². The zero-order valence-electron chi connectivity index (χ0n) is 13.8. The van der Waals surface area contributed by atoms with E-state index in [1.165, 1.54) is 6.92 Å². The van der Waals surface area contributed by atoms with Crippen LogP contribution >= 0.6 is 0 Å². The van der Waals surface area contributed by atoms with Crippen molar-refractivity contribution in [3.05, 3.63) is 36.1 Å². The summed E-state index contributed by atoms with van der Waals surface area (Å²) >= 11 is 0. The van der Waals surface area contributed by atoms with Gasteiger partial charge in [0.05, 0.1) is 11.8 Å². The van der Waals surface area contributed by atoms with Crippen molar-refractivity contribution in [1.82, 2.24) is 5.16 Å². The second-order valence-electron chi connectivity index (χ2n) is 6.01. The molecule has 2 atom stereocenters. The van der Waals surface area contributed by atoms with Gasteiger partial charge in [0, 0.05) is 24.4 Å². The monoisotopic (exact) mass is 342 g/mol. The number of nitrogens with zero attached hydrogens (tertiary/aromatic N) is 1. The molecule has 1 aromatic heterocycles. The molecule has 0 radical (unpaired) electrons. The molecule has 2 aromatic rings. The molecule has 1 aromatic carbocycles. The summed E-state index contributed by atoms with van der Waals surface area (Å²) < 4.78 is 4.88. The number of rotatable bonds is 5. The zero-order valence-corrected chi connectivity index (χ0v) is 13.8. The number of nitrogens with one attached hydrogen (secondary N) is 3. The molecule has 0 saturated heterocycles. The fourth-order valence-electron chi connectivity index (χ4n) is 2.53. The molecule has 1 fully saturated rings. The van der Waals surface area contributed by atoms with E-state index < -0.39 is 0 Å². The van der Waals surface area contributed by atoms with Crippen LogP contribution in [-0.4, -0.2) is 22.9 Å². The van der Waals surface area contributed by atoms with Gasteiger partial charge in [-0.2, -0.15) is 0 Å². The van der Waals surface area contributed by atoms with Gasteiger partial charge in [-0.1, -0.05) is 11.2 Å². The van der Waals surface area contributed by atoms with Gasteiger partial charge in [0.2, 0.25) is 17.7 Å².